The number of carbonyl (C=O) groups is 1. The van der Waals surface area contributed by atoms with E-state index in [1.807, 2.05) is 41.3 Å². The van der Waals surface area contributed by atoms with Crippen LogP contribution in [0.5, 0.6) is 0 Å². The lowest BCUT2D eigenvalue weighted by Crippen LogP contribution is -2.41. The quantitative estimate of drug-likeness (QED) is 0.764. The van der Waals surface area contributed by atoms with Crippen LogP contribution in [0.3, 0.4) is 0 Å². The van der Waals surface area contributed by atoms with Crippen LogP contribution < -0.4 is 0 Å². The first-order valence-corrected chi connectivity index (χ1v) is 8.66. The molecule has 0 aliphatic carbocycles. The number of rotatable bonds is 4. The Morgan fingerprint density at radius 2 is 1.70 bits per heavy atom. The SMILES string of the molecule is O=C1C(Cc2c(Cl)cccc2Cl)CCCN1Cc1ccccc1. The van der Waals surface area contributed by atoms with Crippen LogP contribution in [0.25, 0.3) is 0 Å². The summed E-state index contributed by atoms with van der Waals surface area (Å²) in [4.78, 5) is 14.7. The summed E-state index contributed by atoms with van der Waals surface area (Å²) in [6, 6.07) is 15.6. The van der Waals surface area contributed by atoms with Gasteiger partial charge < -0.3 is 4.90 Å². The minimum absolute atomic E-state index is 0.0372. The predicted molar refractivity (Wildman–Crippen MR) is 94.7 cm³/mol. The highest BCUT2D eigenvalue weighted by molar-refractivity contribution is 6.36. The number of carbonyl (C=O) groups excluding carboxylic acids is 1. The fourth-order valence-electron chi connectivity index (χ4n) is 3.14. The normalized spacial score (nSPS) is 18.3. The molecule has 1 aliphatic heterocycles. The number of hydrogen-bond donors (Lipinski definition) is 0. The van der Waals surface area contributed by atoms with E-state index >= 15 is 0 Å². The van der Waals surface area contributed by atoms with Crippen LogP contribution in [0, 0.1) is 5.92 Å². The third kappa shape index (κ3) is 3.88. The molecule has 23 heavy (non-hydrogen) atoms. The van der Waals surface area contributed by atoms with E-state index in [1.54, 1.807) is 0 Å². The molecule has 0 radical (unpaired) electrons. The van der Waals surface area contributed by atoms with Crippen molar-refractivity contribution in [1.29, 1.82) is 0 Å². The number of amides is 1. The average Bonchev–Trinajstić information content (AvgIpc) is 2.55. The zero-order valence-electron chi connectivity index (χ0n) is 12.8. The van der Waals surface area contributed by atoms with E-state index in [-0.39, 0.29) is 11.8 Å². The molecule has 2 aromatic rings. The van der Waals surface area contributed by atoms with Crippen LogP contribution in [-0.2, 0) is 17.8 Å². The van der Waals surface area contributed by atoms with Gasteiger partial charge in [0.1, 0.15) is 0 Å². The Balaban J connectivity index is 1.72. The second-order valence-corrected chi connectivity index (χ2v) is 6.80. The van der Waals surface area contributed by atoms with Crippen molar-refractivity contribution in [1.82, 2.24) is 4.90 Å². The van der Waals surface area contributed by atoms with E-state index in [4.69, 9.17) is 23.2 Å². The summed E-state index contributed by atoms with van der Waals surface area (Å²) in [6.45, 7) is 1.49. The monoisotopic (exact) mass is 347 g/mol. The molecule has 3 rings (SSSR count). The Morgan fingerprint density at radius 1 is 1.00 bits per heavy atom. The maximum absolute atomic E-state index is 12.8. The van der Waals surface area contributed by atoms with Gasteiger partial charge in [0.05, 0.1) is 0 Å². The molecular weight excluding hydrogens is 329 g/mol. The molecule has 0 aromatic heterocycles. The third-order valence-electron chi connectivity index (χ3n) is 4.37. The molecule has 120 valence electrons. The Hall–Kier alpha value is -1.51. The summed E-state index contributed by atoms with van der Waals surface area (Å²) in [5, 5.41) is 1.29. The van der Waals surface area contributed by atoms with Gasteiger partial charge in [0.15, 0.2) is 0 Å². The fourth-order valence-corrected chi connectivity index (χ4v) is 3.70. The molecule has 2 aromatic carbocycles. The van der Waals surface area contributed by atoms with E-state index < -0.39 is 0 Å². The lowest BCUT2D eigenvalue weighted by molar-refractivity contribution is -0.139. The van der Waals surface area contributed by atoms with Gasteiger partial charge in [-0.15, -0.1) is 0 Å². The highest BCUT2D eigenvalue weighted by Crippen LogP contribution is 2.30. The standard InChI is InChI=1S/C19H19Cl2NO/c20-17-9-4-10-18(21)16(17)12-15-8-5-11-22(19(15)23)13-14-6-2-1-3-7-14/h1-4,6-7,9-10,15H,5,8,11-13H2. The molecule has 1 aliphatic rings. The molecule has 0 spiro atoms. The summed E-state index contributed by atoms with van der Waals surface area (Å²) in [6.07, 6.45) is 2.53. The van der Waals surface area contributed by atoms with Crippen molar-refractivity contribution in [2.24, 2.45) is 5.92 Å². The van der Waals surface area contributed by atoms with Crippen molar-refractivity contribution < 1.29 is 4.79 Å². The number of halogens is 2. The van der Waals surface area contributed by atoms with E-state index in [1.165, 1.54) is 0 Å². The van der Waals surface area contributed by atoms with Gasteiger partial charge in [0.2, 0.25) is 5.91 Å². The number of nitrogens with zero attached hydrogens (tertiary/aromatic N) is 1. The van der Waals surface area contributed by atoms with Crippen molar-refractivity contribution in [2.75, 3.05) is 6.54 Å². The molecule has 0 saturated carbocycles. The Bertz CT molecular complexity index is 667. The second kappa shape index (κ2) is 7.37. The van der Waals surface area contributed by atoms with Crippen molar-refractivity contribution in [2.45, 2.75) is 25.8 Å². The lowest BCUT2D eigenvalue weighted by Gasteiger charge is -2.32. The van der Waals surface area contributed by atoms with Crippen LogP contribution in [-0.4, -0.2) is 17.4 Å². The summed E-state index contributed by atoms with van der Waals surface area (Å²) < 4.78 is 0. The van der Waals surface area contributed by atoms with Gasteiger partial charge in [0.25, 0.3) is 0 Å². The van der Waals surface area contributed by atoms with Crippen LogP contribution in [0.15, 0.2) is 48.5 Å². The molecule has 1 atom stereocenters. The number of piperidine rings is 1. The summed E-state index contributed by atoms with van der Waals surface area (Å²) in [5.74, 6) is 0.168. The van der Waals surface area contributed by atoms with Crippen LogP contribution in [0.4, 0.5) is 0 Å². The molecule has 1 heterocycles. The molecule has 0 N–H and O–H groups in total. The Labute approximate surface area is 147 Å². The van der Waals surface area contributed by atoms with Crippen LogP contribution in [0.2, 0.25) is 10.0 Å². The summed E-state index contributed by atoms with van der Waals surface area (Å²) in [7, 11) is 0. The topological polar surface area (TPSA) is 20.3 Å². The van der Waals surface area contributed by atoms with Gasteiger partial charge in [-0.3, -0.25) is 4.79 Å². The molecule has 2 nitrogen and oxygen atoms in total. The molecule has 1 amide bonds. The molecule has 1 saturated heterocycles. The van der Waals surface area contributed by atoms with E-state index in [2.05, 4.69) is 12.1 Å². The van der Waals surface area contributed by atoms with Crippen molar-refractivity contribution in [3.8, 4) is 0 Å². The molecular formula is C19H19Cl2NO. The zero-order chi connectivity index (χ0) is 16.2. The van der Waals surface area contributed by atoms with Gasteiger partial charge in [-0.1, -0.05) is 59.6 Å². The maximum atomic E-state index is 12.8. The highest BCUT2D eigenvalue weighted by atomic mass is 35.5. The van der Waals surface area contributed by atoms with E-state index in [0.717, 1.165) is 30.5 Å². The molecule has 1 unspecified atom stereocenters. The first-order chi connectivity index (χ1) is 11.1. The molecule has 4 heteroatoms. The highest BCUT2D eigenvalue weighted by Gasteiger charge is 2.29. The minimum atomic E-state index is -0.0372. The van der Waals surface area contributed by atoms with E-state index in [9.17, 15) is 4.79 Å². The van der Waals surface area contributed by atoms with E-state index in [0.29, 0.717) is 23.0 Å². The van der Waals surface area contributed by atoms with Crippen molar-refractivity contribution in [3.05, 3.63) is 69.7 Å². The predicted octanol–water partition coefficient (Wildman–Crippen LogP) is 4.97. The fraction of sp³-hybridized carbons (Fsp3) is 0.316. The van der Waals surface area contributed by atoms with Gasteiger partial charge in [-0.25, -0.2) is 0 Å². The van der Waals surface area contributed by atoms with Crippen LogP contribution >= 0.6 is 23.2 Å². The Morgan fingerprint density at radius 3 is 2.39 bits per heavy atom. The smallest absolute Gasteiger partial charge is 0.226 e. The van der Waals surface area contributed by atoms with Crippen molar-refractivity contribution >= 4 is 29.1 Å². The van der Waals surface area contributed by atoms with Crippen molar-refractivity contribution in [3.63, 3.8) is 0 Å². The first kappa shape index (κ1) is 16.4. The van der Waals surface area contributed by atoms with Gasteiger partial charge in [-0.2, -0.15) is 0 Å². The summed E-state index contributed by atoms with van der Waals surface area (Å²) in [5.41, 5.74) is 2.05. The van der Waals surface area contributed by atoms with Gasteiger partial charge in [-0.05, 0) is 42.5 Å². The first-order valence-electron chi connectivity index (χ1n) is 7.91. The number of likely N-dealkylation sites (tertiary alicyclic amines) is 1. The van der Waals surface area contributed by atoms with Crippen LogP contribution in [0.1, 0.15) is 24.0 Å². The van der Waals surface area contributed by atoms with Gasteiger partial charge in [0, 0.05) is 29.1 Å². The molecule has 0 bridgehead atoms. The Kier molecular flexibility index (Phi) is 5.24. The average molecular weight is 348 g/mol. The molecule has 1 fully saturated rings. The second-order valence-electron chi connectivity index (χ2n) is 5.99. The van der Waals surface area contributed by atoms with Gasteiger partial charge >= 0.3 is 0 Å². The zero-order valence-corrected chi connectivity index (χ0v) is 14.4. The maximum Gasteiger partial charge on any atom is 0.226 e. The number of hydrogen-bond acceptors (Lipinski definition) is 1. The number of benzene rings is 2. The lowest BCUT2D eigenvalue weighted by atomic mass is 9.90. The summed E-state index contributed by atoms with van der Waals surface area (Å²) >= 11 is 12.5. The largest absolute Gasteiger partial charge is 0.338 e. The third-order valence-corrected chi connectivity index (χ3v) is 5.08. The minimum Gasteiger partial charge on any atom is -0.338 e.